The Balaban J connectivity index is 2.15. The van der Waals surface area contributed by atoms with Gasteiger partial charge >= 0.3 is 0 Å². The zero-order chi connectivity index (χ0) is 9.97. The van der Waals surface area contributed by atoms with E-state index >= 15 is 0 Å². The molecular formula is C11H13ClN2. The van der Waals surface area contributed by atoms with Crippen LogP contribution in [-0.4, -0.2) is 6.04 Å². The van der Waals surface area contributed by atoms with E-state index in [1.807, 2.05) is 18.2 Å². The summed E-state index contributed by atoms with van der Waals surface area (Å²) in [6, 6.07) is 6.01. The van der Waals surface area contributed by atoms with Gasteiger partial charge in [0.2, 0.25) is 0 Å². The molecule has 1 aromatic rings. The number of nitrogens with two attached hydrogens (primary N) is 1. The van der Waals surface area contributed by atoms with Gasteiger partial charge in [-0.25, -0.2) is 0 Å². The van der Waals surface area contributed by atoms with Crippen molar-refractivity contribution in [1.82, 2.24) is 0 Å². The van der Waals surface area contributed by atoms with E-state index in [9.17, 15) is 0 Å². The topological polar surface area (TPSA) is 38.0 Å². The maximum absolute atomic E-state index is 6.05. The van der Waals surface area contributed by atoms with Gasteiger partial charge in [-0.15, -0.1) is 0 Å². The zero-order valence-electron chi connectivity index (χ0n) is 7.83. The first-order valence-corrected chi connectivity index (χ1v) is 5.10. The standard InChI is InChI=1S/C11H13ClN2/c12-9-6-3-7-10(13)11(9)14-8-4-1-2-5-8/h1-3,6-8,14H,4-5,13H2. The monoisotopic (exact) mass is 208 g/mol. The smallest absolute Gasteiger partial charge is 0.0765 e. The summed E-state index contributed by atoms with van der Waals surface area (Å²) in [5.41, 5.74) is 7.41. The molecule has 0 atom stereocenters. The predicted molar refractivity (Wildman–Crippen MR) is 61.6 cm³/mol. The lowest BCUT2D eigenvalue weighted by molar-refractivity contribution is 0.787. The number of rotatable bonds is 2. The molecule has 3 heteroatoms. The van der Waals surface area contributed by atoms with Gasteiger partial charge in [-0.3, -0.25) is 0 Å². The van der Waals surface area contributed by atoms with E-state index in [4.69, 9.17) is 17.3 Å². The molecule has 0 saturated carbocycles. The highest BCUT2D eigenvalue weighted by Crippen LogP contribution is 2.30. The summed E-state index contributed by atoms with van der Waals surface area (Å²) in [5.74, 6) is 0. The molecule has 1 aliphatic rings. The van der Waals surface area contributed by atoms with Crippen molar-refractivity contribution in [2.45, 2.75) is 18.9 Å². The molecular weight excluding hydrogens is 196 g/mol. The number of nitrogen functional groups attached to an aromatic ring is 1. The van der Waals surface area contributed by atoms with Crippen molar-refractivity contribution in [3.05, 3.63) is 35.4 Å². The summed E-state index contributed by atoms with van der Waals surface area (Å²) in [6.45, 7) is 0. The SMILES string of the molecule is Nc1cccc(Cl)c1NC1CC=CC1. The Labute approximate surface area is 88.8 Å². The van der Waals surface area contributed by atoms with Crippen LogP contribution in [0.25, 0.3) is 0 Å². The van der Waals surface area contributed by atoms with E-state index in [2.05, 4.69) is 17.5 Å². The van der Waals surface area contributed by atoms with Crippen molar-refractivity contribution in [3.63, 3.8) is 0 Å². The molecule has 2 nitrogen and oxygen atoms in total. The molecule has 14 heavy (non-hydrogen) atoms. The van der Waals surface area contributed by atoms with E-state index in [1.165, 1.54) is 0 Å². The Kier molecular flexibility index (Phi) is 2.64. The van der Waals surface area contributed by atoms with Crippen LogP contribution < -0.4 is 11.1 Å². The summed E-state index contributed by atoms with van der Waals surface area (Å²) in [5, 5.41) is 4.05. The Hall–Kier alpha value is -1.15. The number of hydrogen-bond acceptors (Lipinski definition) is 2. The molecule has 0 unspecified atom stereocenters. The van der Waals surface area contributed by atoms with Crippen molar-refractivity contribution < 1.29 is 0 Å². The van der Waals surface area contributed by atoms with Gasteiger partial charge in [-0.1, -0.05) is 29.8 Å². The van der Waals surface area contributed by atoms with Crippen LogP contribution in [-0.2, 0) is 0 Å². The van der Waals surface area contributed by atoms with E-state index in [0.717, 1.165) is 18.5 Å². The Morgan fingerprint density at radius 3 is 2.64 bits per heavy atom. The fourth-order valence-electron chi connectivity index (χ4n) is 1.63. The Morgan fingerprint density at radius 2 is 2.00 bits per heavy atom. The van der Waals surface area contributed by atoms with Crippen molar-refractivity contribution in [2.75, 3.05) is 11.1 Å². The lowest BCUT2D eigenvalue weighted by Crippen LogP contribution is -2.16. The summed E-state index contributed by atoms with van der Waals surface area (Å²) in [4.78, 5) is 0. The molecule has 74 valence electrons. The first kappa shape index (κ1) is 9.41. The van der Waals surface area contributed by atoms with E-state index < -0.39 is 0 Å². The number of halogens is 1. The maximum Gasteiger partial charge on any atom is 0.0765 e. The highest BCUT2D eigenvalue weighted by atomic mass is 35.5. The van der Waals surface area contributed by atoms with Gasteiger partial charge in [-0.2, -0.15) is 0 Å². The first-order chi connectivity index (χ1) is 6.77. The molecule has 0 aliphatic heterocycles. The van der Waals surface area contributed by atoms with Crippen LogP contribution >= 0.6 is 11.6 Å². The lowest BCUT2D eigenvalue weighted by Gasteiger charge is -2.16. The third-order valence-corrected chi connectivity index (χ3v) is 2.72. The summed E-state index contributed by atoms with van der Waals surface area (Å²) in [6.07, 6.45) is 6.44. The van der Waals surface area contributed by atoms with E-state index in [1.54, 1.807) is 0 Å². The molecule has 1 aromatic carbocycles. The van der Waals surface area contributed by atoms with Crippen molar-refractivity contribution in [3.8, 4) is 0 Å². The molecule has 0 aromatic heterocycles. The number of benzene rings is 1. The second-order valence-corrected chi connectivity index (χ2v) is 3.90. The lowest BCUT2D eigenvalue weighted by atomic mass is 10.2. The third kappa shape index (κ3) is 1.85. The fraction of sp³-hybridized carbons (Fsp3) is 0.273. The Morgan fingerprint density at radius 1 is 1.29 bits per heavy atom. The fourth-order valence-corrected chi connectivity index (χ4v) is 1.87. The van der Waals surface area contributed by atoms with Gasteiger partial charge in [-0.05, 0) is 25.0 Å². The highest BCUT2D eigenvalue weighted by molar-refractivity contribution is 6.33. The second-order valence-electron chi connectivity index (χ2n) is 3.49. The van der Waals surface area contributed by atoms with Crippen LogP contribution in [0.3, 0.4) is 0 Å². The normalized spacial score (nSPS) is 16.1. The molecule has 2 rings (SSSR count). The summed E-state index contributed by atoms with van der Waals surface area (Å²) >= 11 is 6.05. The van der Waals surface area contributed by atoms with Gasteiger partial charge in [0.25, 0.3) is 0 Å². The van der Waals surface area contributed by atoms with Gasteiger partial charge in [0.05, 0.1) is 16.4 Å². The number of anilines is 2. The molecule has 0 spiro atoms. The third-order valence-electron chi connectivity index (χ3n) is 2.40. The molecule has 1 aliphatic carbocycles. The molecule has 3 N–H and O–H groups in total. The minimum Gasteiger partial charge on any atom is -0.397 e. The number of hydrogen-bond donors (Lipinski definition) is 2. The maximum atomic E-state index is 6.05. The second kappa shape index (κ2) is 3.93. The molecule has 0 radical (unpaired) electrons. The molecule has 0 bridgehead atoms. The van der Waals surface area contributed by atoms with Crippen LogP contribution in [0.1, 0.15) is 12.8 Å². The average molecular weight is 209 g/mol. The van der Waals surface area contributed by atoms with Crippen LogP contribution in [0.15, 0.2) is 30.4 Å². The molecule has 0 amide bonds. The van der Waals surface area contributed by atoms with E-state index in [-0.39, 0.29) is 0 Å². The van der Waals surface area contributed by atoms with Crippen LogP contribution in [0, 0.1) is 0 Å². The van der Waals surface area contributed by atoms with Crippen molar-refractivity contribution in [2.24, 2.45) is 0 Å². The number of para-hydroxylation sites is 1. The summed E-state index contributed by atoms with van der Waals surface area (Å²) in [7, 11) is 0. The highest BCUT2D eigenvalue weighted by Gasteiger charge is 2.12. The van der Waals surface area contributed by atoms with Gasteiger partial charge in [0.15, 0.2) is 0 Å². The quantitative estimate of drug-likeness (QED) is 0.579. The van der Waals surface area contributed by atoms with Gasteiger partial charge in [0, 0.05) is 6.04 Å². The minimum atomic E-state index is 0.442. The first-order valence-electron chi connectivity index (χ1n) is 4.73. The molecule has 0 saturated heterocycles. The Bertz CT molecular complexity index is 332. The van der Waals surface area contributed by atoms with Crippen LogP contribution in [0.2, 0.25) is 5.02 Å². The summed E-state index contributed by atoms with van der Waals surface area (Å²) < 4.78 is 0. The zero-order valence-corrected chi connectivity index (χ0v) is 8.59. The molecule has 0 heterocycles. The van der Waals surface area contributed by atoms with E-state index in [0.29, 0.717) is 16.8 Å². The van der Waals surface area contributed by atoms with Crippen molar-refractivity contribution in [1.29, 1.82) is 0 Å². The average Bonchev–Trinajstić information content (AvgIpc) is 2.64. The minimum absolute atomic E-state index is 0.442. The van der Waals surface area contributed by atoms with Gasteiger partial charge < -0.3 is 11.1 Å². The van der Waals surface area contributed by atoms with Crippen LogP contribution in [0.5, 0.6) is 0 Å². The van der Waals surface area contributed by atoms with Crippen molar-refractivity contribution >= 4 is 23.0 Å². The largest absolute Gasteiger partial charge is 0.397 e. The predicted octanol–water partition coefficient (Wildman–Crippen LogP) is 3.05. The number of nitrogens with one attached hydrogen (secondary N) is 1. The van der Waals surface area contributed by atoms with Crippen LogP contribution in [0.4, 0.5) is 11.4 Å². The molecule has 0 fully saturated rings. The van der Waals surface area contributed by atoms with Gasteiger partial charge in [0.1, 0.15) is 0 Å².